The number of hydrogen-bond donors (Lipinski definition) is 0. The third kappa shape index (κ3) is 1.88. The fourth-order valence-electron chi connectivity index (χ4n) is 2.82. The van der Waals surface area contributed by atoms with Crippen LogP contribution in [0.2, 0.25) is 0 Å². The summed E-state index contributed by atoms with van der Waals surface area (Å²) in [7, 11) is 3.34. The van der Waals surface area contributed by atoms with Crippen molar-refractivity contribution in [2.45, 2.75) is 0 Å². The molecule has 0 bridgehead atoms. The first-order valence-corrected chi connectivity index (χ1v) is 8.00. The molecule has 0 N–H and O–H groups in total. The number of carbonyl (C=O) groups is 2. The van der Waals surface area contributed by atoms with E-state index >= 15 is 0 Å². The third-order valence-electron chi connectivity index (χ3n) is 3.86. The van der Waals surface area contributed by atoms with Crippen LogP contribution in [0, 0.1) is 0 Å². The first-order chi connectivity index (χ1) is 11.1. The fraction of sp³-hybridized carbons (Fsp3) is 0.118. The van der Waals surface area contributed by atoms with E-state index in [1.165, 1.54) is 20.9 Å². The molecule has 0 atom stereocenters. The van der Waals surface area contributed by atoms with Gasteiger partial charge >= 0.3 is 6.03 Å². The standard InChI is InChI=1S/C17H13N3O2S/c1-19(2)17(22)20-15-10-6-3-4-7-11(10)16(21)13(15)14(18-20)12-8-5-9-23-12/h3-9H,1-2H3. The van der Waals surface area contributed by atoms with Crippen molar-refractivity contribution < 1.29 is 9.59 Å². The van der Waals surface area contributed by atoms with Crippen molar-refractivity contribution >= 4 is 23.2 Å². The van der Waals surface area contributed by atoms with Crippen LogP contribution in [0.25, 0.3) is 21.8 Å². The van der Waals surface area contributed by atoms with E-state index in [9.17, 15) is 9.59 Å². The van der Waals surface area contributed by atoms with E-state index in [4.69, 9.17) is 0 Å². The Hall–Kier alpha value is -2.73. The monoisotopic (exact) mass is 323 g/mol. The predicted molar refractivity (Wildman–Crippen MR) is 88.9 cm³/mol. The van der Waals surface area contributed by atoms with Crippen LogP contribution in [0.15, 0.2) is 41.8 Å². The van der Waals surface area contributed by atoms with Crippen LogP contribution < -0.4 is 0 Å². The second kappa shape index (κ2) is 4.89. The van der Waals surface area contributed by atoms with Crippen molar-refractivity contribution in [1.29, 1.82) is 0 Å². The number of thiophene rings is 1. The lowest BCUT2D eigenvalue weighted by atomic mass is 10.1. The molecule has 0 fully saturated rings. The van der Waals surface area contributed by atoms with Crippen molar-refractivity contribution in [3.8, 4) is 21.8 Å². The number of fused-ring (bicyclic) bond motifs is 3. The summed E-state index contributed by atoms with van der Waals surface area (Å²) in [4.78, 5) is 27.7. The number of benzene rings is 1. The maximum Gasteiger partial charge on any atom is 0.344 e. The molecule has 1 aromatic carbocycles. The number of aromatic nitrogens is 2. The maximum absolute atomic E-state index is 12.8. The lowest BCUT2D eigenvalue weighted by molar-refractivity contribution is 0.104. The van der Waals surface area contributed by atoms with Crippen LogP contribution in [0.5, 0.6) is 0 Å². The molecular formula is C17H13N3O2S. The minimum Gasteiger partial charge on any atom is -0.329 e. The zero-order valence-electron chi connectivity index (χ0n) is 12.6. The Kier molecular flexibility index (Phi) is 2.96. The number of nitrogens with zero attached hydrogens (tertiary/aromatic N) is 3. The van der Waals surface area contributed by atoms with Gasteiger partial charge in [-0.1, -0.05) is 30.3 Å². The molecule has 2 heterocycles. The van der Waals surface area contributed by atoms with Crippen LogP contribution in [-0.2, 0) is 0 Å². The highest BCUT2D eigenvalue weighted by molar-refractivity contribution is 7.13. The Morgan fingerprint density at radius 3 is 2.52 bits per heavy atom. The van der Waals surface area contributed by atoms with Crippen LogP contribution in [0.4, 0.5) is 4.79 Å². The number of ketones is 1. The Morgan fingerprint density at radius 1 is 1.13 bits per heavy atom. The largest absolute Gasteiger partial charge is 0.344 e. The topological polar surface area (TPSA) is 55.2 Å². The Morgan fingerprint density at radius 2 is 1.87 bits per heavy atom. The van der Waals surface area contributed by atoms with E-state index in [-0.39, 0.29) is 11.8 Å². The van der Waals surface area contributed by atoms with Crippen LogP contribution in [0.3, 0.4) is 0 Å². The number of carbonyl (C=O) groups excluding carboxylic acids is 2. The highest BCUT2D eigenvalue weighted by Gasteiger charge is 2.36. The van der Waals surface area contributed by atoms with Crippen molar-refractivity contribution in [1.82, 2.24) is 14.7 Å². The van der Waals surface area contributed by atoms with Gasteiger partial charge in [-0.2, -0.15) is 9.78 Å². The van der Waals surface area contributed by atoms with E-state index in [1.807, 2.05) is 35.7 Å². The summed E-state index contributed by atoms with van der Waals surface area (Å²) in [6, 6.07) is 10.9. The van der Waals surface area contributed by atoms with Crippen molar-refractivity contribution in [3.05, 3.63) is 52.9 Å². The van der Waals surface area contributed by atoms with E-state index in [0.717, 1.165) is 10.4 Å². The molecule has 0 spiro atoms. The molecular weight excluding hydrogens is 310 g/mol. The van der Waals surface area contributed by atoms with E-state index in [2.05, 4.69) is 5.10 Å². The number of rotatable bonds is 1. The minimum atomic E-state index is -0.270. The van der Waals surface area contributed by atoms with Crippen molar-refractivity contribution in [3.63, 3.8) is 0 Å². The first kappa shape index (κ1) is 13.9. The summed E-state index contributed by atoms with van der Waals surface area (Å²) >= 11 is 1.50. The molecule has 114 valence electrons. The Bertz CT molecular complexity index is 939. The Balaban J connectivity index is 2.05. The van der Waals surface area contributed by atoms with Gasteiger partial charge in [-0.15, -0.1) is 11.3 Å². The van der Waals surface area contributed by atoms with Gasteiger partial charge < -0.3 is 4.90 Å². The molecule has 3 aromatic rings. The SMILES string of the molecule is CN(C)C(=O)n1nc(-c2cccs2)c2c1-c1ccccc1C2=O. The molecule has 0 aliphatic heterocycles. The van der Waals surface area contributed by atoms with Gasteiger partial charge in [-0.25, -0.2) is 4.79 Å². The maximum atomic E-state index is 12.8. The van der Waals surface area contributed by atoms with Crippen molar-refractivity contribution in [2.24, 2.45) is 0 Å². The zero-order chi connectivity index (χ0) is 16.1. The lowest BCUT2D eigenvalue weighted by Gasteiger charge is -2.12. The molecule has 0 unspecified atom stereocenters. The van der Waals surface area contributed by atoms with Crippen LogP contribution in [0.1, 0.15) is 15.9 Å². The van der Waals surface area contributed by atoms with Crippen molar-refractivity contribution in [2.75, 3.05) is 14.1 Å². The summed E-state index contributed by atoms with van der Waals surface area (Å²) in [5, 5.41) is 6.39. The van der Waals surface area contributed by atoms with Gasteiger partial charge in [0.05, 0.1) is 16.1 Å². The predicted octanol–water partition coefficient (Wildman–Crippen LogP) is 3.35. The molecule has 0 saturated heterocycles. The fourth-order valence-corrected chi connectivity index (χ4v) is 3.53. The number of amides is 1. The normalized spacial score (nSPS) is 12.2. The summed E-state index contributed by atoms with van der Waals surface area (Å²) in [6.07, 6.45) is 0. The lowest BCUT2D eigenvalue weighted by Crippen LogP contribution is -2.28. The van der Waals surface area contributed by atoms with E-state index < -0.39 is 0 Å². The van der Waals surface area contributed by atoms with E-state index in [1.54, 1.807) is 20.2 Å². The molecule has 2 aromatic heterocycles. The molecule has 1 aliphatic carbocycles. The Labute approximate surface area is 136 Å². The summed E-state index contributed by atoms with van der Waals surface area (Å²) in [5.74, 6) is -0.0724. The summed E-state index contributed by atoms with van der Waals surface area (Å²) in [5.41, 5.74) is 3.07. The average molecular weight is 323 g/mol. The van der Waals surface area contributed by atoms with Gasteiger partial charge in [0, 0.05) is 25.2 Å². The van der Waals surface area contributed by atoms with Gasteiger partial charge in [0.2, 0.25) is 0 Å². The van der Waals surface area contributed by atoms with Crippen LogP contribution >= 0.6 is 11.3 Å². The van der Waals surface area contributed by atoms with Gasteiger partial charge in [0.15, 0.2) is 5.78 Å². The molecule has 4 rings (SSSR count). The molecule has 0 saturated carbocycles. The van der Waals surface area contributed by atoms with Gasteiger partial charge in [0.1, 0.15) is 5.69 Å². The zero-order valence-corrected chi connectivity index (χ0v) is 13.4. The van der Waals surface area contributed by atoms with Gasteiger partial charge in [0.25, 0.3) is 0 Å². The average Bonchev–Trinajstić information content (AvgIpc) is 3.24. The summed E-state index contributed by atoms with van der Waals surface area (Å²) < 4.78 is 1.34. The third-order valence-corrected chi connectivity index (χ3v) is 4.73. The van der Waals surface area contributed by atoms with Gasteiger partial charge in [-0.3, -0.25) is 4.79 Å². The molecule has 0 radical (unpaired) electrons. The highest BCUT2D eigenvalue weighted by atomic mass is 32.1. The van der Waals surface area contributed by atoms with Crippen LogP contribution in [-0.4, -0.2) is 40.6 Å². The molecule has 23 heavy (non-hydrogen) atoms. The molecule has 6 heteroatoms. The van der Waals surface area contributed by atoms with Gasteiger partial charge in [-0.05, 0) is 11.4 Å². The minimum absolute atomic E-state index is 0.0724. The molecule has 1 aliphatic rings. The second-order valence-corrected chi connectivity index (χ2v) is 6.46. The van der Waals surface area contributed by atoms with E-state index in [0.29, 0.717) is 22.5 Å². The highest BCUT2D eigenvalue weighted by Crippen LogP contribution is 2.42. The quantitative estimate of drug-likeness (QED) is 0.540. The first-order valence-electron chi connectivity index (χ1n) is 7.12. The molecule has 1 amide bonds. The smallest absolute Gasteiger partial charge is 0.329 e. The second-order valence-electron chi connectivity index (χ2n) is 5.51. The molecule has 5 nitrogen and oxygen atoms in total. The summed E-state index contributed by atoms with van der Waals surface area (Å²) in [6.45, 7) is 0. The number of hydrogen-bond acceptors (Lipinski definition) is 4.